The molecule has 0 aromatic rings. The minimum Gasteiger partial charge on any atom is -0.462 e. The van der Waals surface area contributed by atoms with Crippen LogP contribution in [0.3, 0.4) is 0 Å². The maximum atomic E-state index is 13.0. The molecule has 4 aliphatic rings. The first-order chi connectivity index (χ1) is 26.9. The number of hydrogen-bond acceptors (Lipinski definition) is 13. The lowest BCUT2D eigenvalue weighted by Crippen LogP contribution is -2.60. The summed E-state index contributed by atoms with van der Waals surface area (Å²) in [4.78, 5) is 54.2. The van der Waals surface area contributed by atoms with Crippen molar-refractivity contribution < 1.29 is 52.3 Å². The highest BCUT2D eigenvalue weighted by Crippen LogP contribution is 2.40. The number of piperidine rings is 2. The lowest BCUT2D eigenvalue weighted by atomic mass is 9.78. The van der Waals surface area contributed by atoms with Crippen molar-refractivity contribution in [1.29, 1.82) is 0 Å². The molecule has 336 valence electrons. The monoisotopic (exact) mass is 825 g/mol. The second-order valence-electron chi connectivity index (χ2n) is 20.1. The number of ketones is 2. The largest absolute Gasteiger partial charge is 0.462 e. The normalized spacial score (nSPS) is 28.4. The van der Waals surface area contributed by atoms with Crippen LogP contribution >= 0.6 is 0 Å². The van der Waals surface area contributed by atoms with E-state index in [0.29, 0.717) is 58.7 Å². The van der Waals surface area contributed by atoms with Crippen LogP contribution in [0, 0.1) is 17.3 Å². The van der Waals surface area contributed by atoms with Crippen molar-refractivity contribution in [1.82, 2.24) is 9.80 Å². The zero-order valence-electron chi connectivity index (χ0n) is 38.7. The lowest BCUT2D eigenvalue weighted by Gasteiger charge is -2.53. The van der Waals surface area contributed by atoms with Gasteiger partial charge < -0.3 is 38.0 Å². The number of carbonyl (C=O) groups is 4. The van der Waals surface area contributed by atoms with Crippen molar-refractivity contribution in [3.8, 4) is 0 Å². The van der Waals surface area contributed by atoms with Gasteiger partial charge >= 0.3 is 11.9 Å². The minimum atomic E-state index is -0.438. The van der Waals surface area contributed by atoms with Gasteiger partial charge in [-0.3, -0.25) is 24.2 Å². The Balaban J connectivity index is 0.000000351. The summed E-state index contributed by atoms with van der Waals surface area (Å²) in [6.45, 7) is 25.2. The summed E-state index contributed by atoms with van der Waals surface area (Å²) < 4.78 is 40.0. The number of ether oxygens (including phenoxy) is 7. The van der Waals surface area contributed by atoms with E-state index >= 15 is 0 Å². The molecule has 2 atom stereocenters. The van der Waals surface area contributed by atoms with Crippen LogP contribution in [0.1, 0.15) is 147 Å². The topological polar surface area (TPSA) is 139 Å². The summed E-state index contributed by atoms with van der Waals surface area (Å²) in [5.74, 6) is -1.08. The summed E-state index contributed by atoms with van der Waals surface area (Å²) in [6.07, 6.45) is 5.66. The van der Waals surface area contributed by atoms with Gasteiger partial charge in [0.05, 0.1) is 50.3 Å². The number of likely N-dealkylation sites (tertiary alicyclic amines) is 2. The average Bonchev–Trinajstić information content (AvgIpc) is 3.12. The zero-order chi connectivity index (χ0) is 43.7. The molecule has 4 saturated heterocycles. The fraction of sp³-hybridized carbons (Fsp3) is 0.911. The van der Waals surface area contributed by atoms with Gasteiger partial charge in [-0.1, -0.05) is 20.3 Å². The van der Waals surface area contributed by atoms with E-state index in [0.717, 1.165) is 38.5 Å². The average molecular weight is 825 g/mol. The highest BCUT2D eigenvalue weighted by Gasteiger charge is 2.47. The van der Waals surface area contributed by atoms with Gasteiger partial charge in [0.2, 0.25) is 0 Å². The van der Waals surface area contributed by atoms with E-state index in [1.807, 2.05) is 13.8 Å². The van der Waals surface area contributed by atoms with E-state index in [2.05, 4.69) is 79.3 Å². The molecule has 0 bridgehead atoms. The van der Waals surface area contributed by atoms with E-state index < -0.39 is 12.2 Å². The fourth-order valence-electron chi connectivity index (χ4n) is 9.12. The SMILES string of the molecule is CCC(CC(=O)CCC1OCC2(CO1)COC(COC)OC2)C(=O)OC1CC(C)(C)N(C)C(C)(C)C1.CCCC(CC(C)=O)C(=O)OC1CC(C)(C)N(C)C(C)(C)C1. The Morgan fingerprint density at radius 1 is 0.655 bits per heavy atom. The van der Waals surface area contributed by atoms with Crippen LogP contribution in [0.25, 0.3) is 0 Å². The van der Waals surface area contributed by atoms with E-state index in [1.165, 1.54) is 6.92 Å². The Morgan fingerprint density at radius 3 is 1.45 bits per heavy atom. The van der Waals surface area contributed by atoms with Crippen molar-refractivity contribution >= 4 is 23.5 Å². The van der Waals surface area contributed by atoms with Gasteiger partial charge in [-0.25, -0.2) is 0 Å². The molecule has 58 heavy (non-hydrogen) atoms. The highest BCUT2D eigenvalue weighted by atomic mass is 16.7. The molecule has 0 aromatic carbocycles. The van der Waals surface area contributed by atoms with E-state index in [-0.39, 0.29) is 81.9 Å². The van der Waals surface area contributed by atoms with E-state index in [1.54, 1.807) is 7.11 Å². The number of carbonyl (C=O) groups excluding carboxylic acids is 4. The molecular formula is C45H80N2O11. The fourth-order valence-corrected chi connectivity index (χ4v) is 9.12. The summed E-state index contributed by atoms with van der Waals surface area (Å²) in [5.41, 5.74) is -0.464. The van der Waals surface area contributed by atoms with Gasteiger partial charge in [-0.2, -0.15) is 0 Å². The van der Waals surface area contributed by atoms with Gasteiger partial charge in [0.1, 0.15) is 23.8 Å². The molecule has 0 aromatic heterocycles. The van der Waals surface area contributed by atoms with Gasteiger partial charge in [0, 0.05) is 80.6 Å². The van der Waals surface area contributed by atoms with Gasteiger partial charge in [0.15, 0.2) is 12.6 Å². The Kier molecular flexibility index (Phi) is 18.4. The van der Waals surface area contributed by atoms with Crippen LogP contribution in [0.5, 0.6) is 0 Å². The first-order valence-corrected chi connectivity index (χ1v) is 21.7. The minimum absolute atomic E-state index is 0.00642. The lowest BCUT2D eigenvalue weighted by molar-refractivity contribution is -0.308. The van der Waals surface area contributed by atoms with Crippen LogP contribution in [0.15, 0.2) is 0 Å². The molecule has 0 aliphatic carbocycles. The highest BCUT2D eigenvalue weighted by molar-refractivity contribution is 5.84. The van der Waals surface area contributed by atoms with Crippen LogP contribution in [0.4, 0.5) is 0 Å². The number of esters is 2. The number of Topliss-reactive ketones (excluding diaryl/α,β-unsaturated/α-hetero) is 2. The third-order valence-electron chi connectivity index (χ3n) is 13.2. The van der Waals surface area contributed by atoms with Crippen molar-refractivity contribution in [2.75, 3.05) is 54.2 Å². The van der Waals surface area contributed by atoms with Gasteiger partial charge in [-0.05, 0) is 89.3 Å². The third kappa shape index (κ3) is 14.3. The second-order valence-corrected chi connectivity index (χ2v) is 20.1. The molecule has 0 amide bonds. The Hall–Kier alpha value is -2.00. The smallest absolute Gasteiger partial charge is 0.309 e. The summed E-state index contributed by atoms with van der Waals surface area (Å²) in [6, 6.07) is 0. The predicted octanol–water partition coefficient (Wildman–Crippen LogP) is 6.90. The van der Waals surface area contributed by atoms with Crippen LogP contribution in [-0.4, -0.2) is 134 Å². The summed E-state index contributed by atoms with van der Waals surface area (Å²) in [7, 11) is 5.87. The quantitative estimate of drug-likeness (QED) is 0.149. The number of nitrogens with zero attached hydrogens (tertiary/aromatic N) is 2. The maximum absolute atomic E-state index is 13.0. The Labute approximate surface area is 350 Å². The van der Waals surface area contributed by atoms with Crippen LogP contribution < -0.4 is 0 Å². The molecule has 0 saturated carbocycles. The molecule has 0 N–H and O–H groups in total. The summed E-state index contributed by atoms with van der Waals surface area (Å²) >= 11 is 0. The first-order valence-electron chi connectivity index (χ1n) is 21.7. The summed E-state index contributed by atoms with van der Waals surface area (Å²) in [5, 5.41) is 0. The molecule has 13 heteroatoms. The number of hydrogen-bond donors (Lipinski definition) is 0. The molecule has 2 unspecified atom stereocenters. The predicted molar refractivity (Wildman–Crippen MR) is 222 cm³/mol. The molecule has 0 radical (unpaired) electrons. The van der Waals surface area contributed by atoms with Crippen molar-refractivity contribution in [3.05, 3.63) is 0 Å². The van der Waals surface area contributed by atoms with Gasteiger partial charge in [0.25, 0.3) is 0 Å². The van der Waals surface area contributed by atoms with Crippen LogP contribution in [0.2, 0.25) is 0 Å². The van der Waals surface area contributed by atoms with Crippen molar-refractivity contribution in [3.63, 3.8) is 0 Å². The van der Waals surface area contributed by atoms with E-state index in [9.17, 15) is 19.2 Å². The van der Waals surface area contributed by atoms with Crippen molar-refractivity contribution in [2.24, 2.45) is 17.3 Å². The molecular weight excluding hydrogens is 744 g/mol. The molecule has 4 aliphatic heterocycles. The standard InChI is InChI=1S/C27H47NO8.C18H33NO3/c1-8-19(24(30)36-21-12-25(2,3)28(6)26(4,5)13-21)11-20(29)9-10-22-32-15-27(16-33-22)17-34-23(14-31-7)35-18-27;1-8-9-14(10-13(2)20)16(21)22-15-11-17(3,4)19(7)18(5,6)12-15/h19,21-23H,8-18H2,1-7H3;14-15H,8-12H2,1-7H3. The number of rotatable bonds is 16. The Bertz CT molecular complexity index is 1310. The molecule has 1 spiro atoms. The molecule has 13 nitrogen and oxygen atoms in total. The van der Waals surface area contributed by atoms with Crippen LogP contribution in [-0.2, 0) is 52.3 Å². The Morgan fingerprint density at radius 2 is 1.07 bits per heavy atom. The zero-order valence-corrected chi connectivity index (χ0v) is 38.7. The molecule has 4 rings (SSSR count). The van der Waals surface area contributed by atoms with Crippen molar-refractivity contribution in [2.45, 2.75) is 194 Å². The molecule has 4 heterocycles. The maximum Gasteiger partial charge on any atom is 0.309 e. The van der Waals surface area contributed by atoms with Gasteiger partial charge in [-0.15, -0.1) is 0 Å². The first kappa shape index (κ1) is 50.4. The third-order valence-corrected chi connectivity index (χ3v) is 13.2. The number of methoxy groups -OCH3 is 1. The molecule has 4 fully saturated rings. The second kappa shape index (κ2) is 21.2. The van der Waals surface area contributed by atoms with E-state index in [4.69, 9.17) is 33.2 Å².